The van der Waals surface area contributed by atoms with Crippen LogP contribution in [0.5, 0.6) is 0 Å². The summed E-state index contributed by atoms with van der Waals surface area (Å²) in [6.07, 6.45) is 0.758. The second-order valence-corrected chi connectivity index (χ2v) is 9.30. The highest BCUT2D eigenvalue weighted by atomic mass is 35.5. The molecule has 0 saturated carbocycles. The van der Waals surface area contributed by atoms with E-state index in [9.17, 15) is 9.59 Å². The summed E-state index contributed by atoms with van der Waals surface area (Å²) >= 11 is 25.6. The molecule has 0 spiro atoms. The van der Waals surface area contributed by atoms with E-state index in [1.54, 1.807) is 35.3 Å². The molecule has 1 aromatic heterocycles. The minimum absolute atomic E-state index is 0.0908. The summed E-state index contributed by atoms with van der Waals surface area (Å²) in [4.78, 5) is 28.5. The first kappa shape index (κ1) is 21.7. The number of carbonyl (C=O) groups excluding carboxylic acids is 2. The molecule has 28 heavy (non-hydrogen) atoms. The molecule has 1 atom stereocenters. The fourth-order valence-corrected chi connectivity index (χ4v) is 5.07. The predicted molar refractivity (Wildman–Crippen MR) is 116 cm³/mol. The summed E-state index contributed by atoms with van der Waals surface area (Å²) in [5, 5.41) is 3.05. The molecule has 2 aromatic rings. The van der Waals surface area contributed by atoms with E-state index in [-0.39, 0.29) is 18.5 Å². The largest absolute Gasteiger partial charge is 0.331 e. The van der Waals surface area contributed by atoms with Crippen LogP contribution in [0.25, 0.3) is 0 Å². The van der Waals surface area contributed by atoms with Crippen LogP contribution >= 0.6 is 57.7 Å². The van der Waals surface area contributed by atoms with Gasteiger partial charge in [0.25, 0.3) is 5.91 Å². The van der Waals surface area contributed by atoms with E-state index in [1.165, 1.54) is 9.78 Å². The number of hydrogen-bond donors (Lipinski definition) is 0. The highest BCUT2D eigenvalue weighted by Gasteiger charge is 2.35. The summed E-state index contributed by atoms with van der Waals surface area (Å²) in [6, 6.07) is 6.97. The van der Waals surface area contributed by atoms with Crippen LogP contribution < -0.4 is 0 Å². The van der Waals surface area contributed by atoms with Crippen LogP contribution in [0.2, 0.25) is 10.0 Å². The Bertz CT molecular complexity index is 887. The van der Waals surface area contributed by atoms with Crippen molar-refractivity contribution in [1.29, 1.82) is 0 Å². The van der Waals surface area contributed by atoms with Crippen molar-refractivity contribution in [3.05, 3.63) is 55.7 Å². The van der Waals surface area contributed by atoms with Crippen molar-refractivity contribution in [3.63, 3.8) is 0 Å². The van der Waals surface area contributed by atoms with E-state index in [0.29, 0.717) is 23.1 Å². The molecule has 0 fully saturated rings. The van der Waals surface area contributed by atoms with Crippen LogP contribution in [0.3, 0.4) is 0 Å². The van der Waals surface area contributed by atoms with Gasteiger partial charge >= 0.3 is 0 Å². The van der Waals surface area contributed by atoms with Gasteiger partial charge in [0.15, 0.2) is 4.84 Å². The second-order valence-electron chi connectivity index (χ2n) is 6.36. The quantitative estimate of drug-likeness (QED) is 0.554. The number of amides is 2. The summed E-state index contributed by atoms with van der Waals surface area (Å²) in [5.74, 6) is -0.662. The normalized spacial score (nSPS) is 16.2. The fourth-order valence-electron chi connectivity index (χ4n) is 3.38. The summed E-state index contributed by atoms with van der Waals surface area (Å²) in [5.41, 5.74) is 1.86. The third-order valence-electron chi connectivity index (χ3n) is 4.75. The Balaban J connectivity index is 1.94. The maximum atomic E-state index is 13.2. The lowest BCUT2D eigenvalue weighted by Crippen LogP contribution is -2.47. The lowest BCUT2D eigenvalue weighted by atomic mass is 9.93. The van der Waals surface area contributed by atoms with E-state index < -0.39 is 10.7 Å². The first-order valence-corrected chi connectivity index (χ1v) is 11.2. The van der Waals surface area contributed by atoms with Crippen molar-refractivity contribution in [2.24, 2.45) is 0 Å². The average molecular weight is 480 g/mol. The van der Waals surface area contributed by atoms with Gasteiger partial charge < -0.3 is 9.80 Å². The SMILES string of the molecule is CCN(CC(=O)N1CCc2sccc2C1c1ccc(Cl)cc1Cl)C(=O)C(Cl)Cl. The monoisotopic (exact) mass is 478 g/mol. The van der Waals surface area contributed by atoms with E-state index in [4.69, 9.17) is 46.4 Å². The number of nitrogens with zero attached hydrogens (tertiary/aromatic N) is 2. The number of carbonyl (C=O) groups is 2. The van der Waals surface area contributed by atoms with E-state index >= 15 is 0 Å². The van der Waals surface area contributed by atoms with Gasteiger partial charge in [0.1, 0.15) is 0 Å². The highest BCUT2D eigenvalue weighted by Crippen LogP contribution is 2.41. The van der Waals surface area contributed by atoms with E-state index in [2.05, 4.69) is 0 Å². The number of thiophene rings is 1. The minimum Gasteiger partial charge on any atom is -0.331 e. The Morgan fingerprint density at radius 1 is 1.25 bits per heavy atom. The third kappa shape index (κ3) is 4.44. The second kappa shape index (κ2) is 9.23. The average Bonchev–Trinajstić information content (AvgIpc) is 3.13. The molecular formula is C19H18Cl4N2O2S. The zero-order valence-corrected chi connectivity index (χ0v) is 18.8. The molecule has 2 amide bonds. The number of fused-ring (bicyclic) bond motifs is 1. The van der Waals surface area contributed by atoms with Crippen LogP contribution in [0.1, 0.15) is 29.0 Å². The molecule has 9 heteroatoms. The molecule has 1 aromatic carbocycles. The Morgan fingerprint density at radius 3 is 2.64 bits per heavy atom. The molecule has 1 unspecified atom stereocenters. The Hall–Kier alpha value is -0.980. The third-order valence-corrected chi connectivity index (χ3v) is 6.68. The molecule has 0 saturated heterocycles. The minimum atomic E-state index is -1.20. The summed E-state index contributed by atoms with van der Waals surface area (Å²) in [6.45, 7) is 2.56. The molecule has 0 radical (unpaired) electrons. The highest BCUT2D eigenvalue weighted by molar-refractivity contribution is 7.10. The zero-order chi connectivity index (χ0) is 20.4. The smallest absolute Gasteiger partial charge is 0.256 e. The van der Waals surface area contributed by atoms with E-state index in [0.717, 1.165) is 17.5 Å². The van der Waals surface area contributed by atoms with Gasteiger partial charge in [-0.1, -0.05) is 52.5 Å². The Kier molecular flexibility index (Phi) is 7.16. The van der Waals surface area contributed by atoms with Gasteiger partial charge in [-0.05, 0) is 48.1 Å². The lowest BCUT2D eigenvalue weighted by molar-refractivity contribution is -0.140. The van der Waals surface area contributed by atoms with Crippen molar-refractivity contribution in [2.75, 3.05) is 19.6 Å². The summed E-state index contributed by atoms with van der Waals surface area (Å²) < 4.78 is 0. The molecule has 0 aliphatic carbocycles. The van der Waals surface area contributed by atoms with Gasteiger partial charge in [-0.2, -0.15) is 0 Å². The number of rotatable bonds is 5. The molecule has 150 valence electrons. The number of hydrogen-bond acceptors (Lipinski definition) is 3. The lowest BCUT2D eigenvalue weighted by Gasteiger charge is -2.38. The number of halogens is 4. The van der Waals surface area contributed by atoms with Gasteiger partial charge in [0.2, 0.25) is 5.91 Å². The maximum Gasteiger partial charge on any atom is 0.256 e. The van der Waals surface area contributed by atoms with Gasteiger partial charge in [-0.25, -0.2) is 0 Å². The van der Waals surface area contributed by atoms with Crippen LogP contribution in [0.15, 0.2) is 29.6 Å². The first-order valence-electron chi connectivity index (χ1n) is 8.71. The van der Waals surface area contributed by atoms with Gasteiger partial charge in [-0.3, -0.25) is 9.59 Å². The Labute approximate surface area is 187 Å². The van der Waals surface area contributed by atoms with Crippen molar-refractivity contribution < 1.29 is 9.59 Å². The van der Waals surface area contributed by atoms with Gasteiger partial charge in [-0.15, -0.1) is 11.3 Å². The van der Waals surface area contributed by atoms with Gasteiger partial charge in [0, 0.05) is 28.0 Å². The van der Waals surface area contributed by atoms with Crippen molar-refractivity contribution in [2.45, 2.75) is 24.2 Å². The molecule has 4 nitrogen and oxygen atoms in total. The topological polar surface area (TPSA) is 40.6 Å². The molecule has 1 aliphatic rings. The molecular weight excluding hydrogens is 462 g/mol. The fraction of sp³-hybridized carbons (Fsp3) is 0.368. The predicted octanol–water partition coefficient (Wildman–Crippen LogP) is 5.18. The van der Waals surface area contributed by atoms with Crippen LogP contribution in [-0.4, -0.2) is 46.1 Å². The molecule has 0 N–H and O–H groups in total. The first-order chi connectivity index (χ1) is 13.3. The number of likely N-dealkylation sites (N-methyl/N-ethyl adjacent to an activating group) is 1. The summed E-state index contributed by atoms with van der Waals surface area (Å²) in [7, 11) is 0. The van der Waals surface area contributed by atoms with E-state index in [1.807, 2.05) is 17.5 Å². The molecule has 1 aliphatic heterocycles. The van der Waals surface area contributed by atoms with Crippen LogP contribution in [0, 0.1) is 0 Å². The van der Waals surface area contributed by atoms with Crippen molar-refractivity contribution in [1.82, 2.24) is 9.80 Å². The molecule has 0 bridgehead atoms. The van der Waals surface area contributed by atoms with Crippen molar-refractivity contribution >= 4 is 69.6 Å². The van der Waals surface area contributed by atoms with Gasteiger partial charge in [0.05, 0.1) is 12.6 Å². The standard InChI is InChI=1S/C19H18Cl4N2O2S/c1-2-24(19(27)18(22)23)10-16(26)25-7-5-15-13(6-8-28-15)17(25)12-4-3-11(20)9-14(12)21/h3-4,6,8-9,17-18H,2,5,7,10H2,1H3. The molecule has 2 heterocycles. The zero-order valence-electron chi connectivity index (χ0n) is 15.0. The van der Waals surface area contributed by atoms with Crippen molar-refractivity contribution in [3.8, 4) is 0 Å². The maximum absolute atomic E-state index is 13.2. The Morgan fingerprint density at radius 2 is 2.00 bits per heavy atom. The van der Waals surface area contributed by atoms with Crippen LogP contribution in [0.4, 0.5) is 0 Å². The molecule has 3 rings (SSSR count). The number of alkyl halides is 2. The number of benzene rings is 1. The van der Waals surface area contributed by atoms with Crippen LogP contribution in [-0.2, 0) is 16.0 Å².